The first kappa shape index (κ1) is 12.9. The van der Waals surface area contributed by atoms with Gasteiger partial charge in [0.25, 0.3) is 0 Å². The van der Waals surface area contributed by atoms with E-state index in [1.54, 1.807) is 24.8 Å². The van der Waals surface area contributed by atoms with Gasteiger partial charge in [-0.3, -0.25) is 0 Å². The molecule has 0 fully saturated rings. The van der Waals surface area contributed by atoms with Crippen molar-refractivity contribution in [2.24, 2.45) is 0 Å². The van der Waals surface area contributed by atoms with E-state index in [9.17, 15) is 0 Å². The number of nitrogens with zero attached hydrogens (tertiary/aromatic N) is 2. The highest BCUT2D eigenvalue weighted by molar-refractivity contribution is 7.18. The zero-order valence-electron chi connectivity index (χ0n) is 11.4. The Morgan fingerprint density at radius 1 is 1.25 bits per heavy atom. The SMILES string of the molecule is CCc1cc2c(Nc3ccccc3OC)ncnc2s1. The van der Waals surface area contributed by atoms with Crippen molar-refractivity contribution in [2.45, 2.75) is 13.3 Å². The van der Waals surface area contributed by atoms with Crippen molar-refractivity contribution < 1.29 is 4.74 Å². The number of aromatic nitrogens is 2. The molecule has 0 saturated heterocycles. The number of benzene rings is 1. The van der Waals surface area contributed by atoms with Crippen molar-refractivity contribution in [3.05, 3.63) is 41.5 Å². The van der Waals surface area contributed by atoms with Gasteiger partial charge in [0.05, 0.1) is 18.2 Å². The third-order valence-corrected chi connectivity index (χ3v) is 4.28. The summed E-state index contributed by atoms with van der Waals surface area (Å²) in [4.78, 5) is 11.0. The molecule has 0 aliphatic rings. The Kier molecular flexibility index (Phi) is 3.52. The monoisotopic (exact) mass is 285 g/mol. The van der Waals surface area contributed by atoms with E-state index in [2.05, 4.69) is 28.3 Å². The van der Waals surface area contributed by atoms with Crippen LogP contribution in [0.1, 0.15) is 11.8 Å². The van der Waals surface area contributed by atoms with Gasteiger partial charge in [-0.2, -0.15) is 0 Å². The van der Waals surface area contributed by atoms with Crippen molar-refractivity contribution in [1.29, 1.82) is 0 Å². The van der Waals surface area contributed by atoms with Gasteiger partial charge in [0.1, 0.15) is 22.7 Å². The molecule has 0 radical (unpaired) electrons. The molecule has 2 aromatic heterocycles. The van der Waals surface area contributed by atoms with Gasteiger partial charge in [0.15, 0.2) is 0 Å². The molecule has 4 nitrogen and oxygen atoms in total. The fraction of sp³-hybridized carbons (Fsp3) is 0.200. The number of hydrogen-bond donors (Lipinski definition) is 1. The van der Waals surface area contributed by atoms with Crippen molar-refractivity contribution in [1.82, 2.24) is 9.97 Å². The highest BCUT2D eigenvalue weighted by atomic mass is 32.1. The van der Waals surface area contributed by atoms with E-state index in [4.69, 9.17) is 4.74 Å². The zero-order chi connectivity index (χ0) is 13.9. The lowest BCUT2D eigenvalue weighted by molar-refractivity contribution is 0.417. The second kappa shape index (κ2) is 5.46. The average molecular weight is 285 g/mol. The van der Waals surface area contributed by atoms with E-state index in [0.717, 1.165) is 33.9 Å². The van der Waals surface area contributed by atoms with Crippen LogP contribution in [0.3, 0.4) is 0 Å². The summed E-state index contributed by atoms with van der Waals surface area (Å²) >= 11 is 1.71. The molecule has 0 unspecified atom stereocenters. The molecule has 0 aliphatic heterocycles. The predicted octanol–water partition coefficient (Wildman–Crippen LogP) is 4.01. The topological polar surface area (TPSA) is 47.0 Å². The standard InChI is InChI=1S/C15H15N3OS/c1-3-10-8-11-14(16-9-17-15(11)20-10)18-12-6-4-5-7-13(12)19-2/h4-9H,3H2,1-2H3,(H,16,17,18). The number of ether oxygens (including phenoxy) is 1. The highest BCUT2D eigenvalue weighted by Crippen LogP contribution is 2.32. The van der Waals surface area contributed by atoms with E-state index < -0.39 is 0 Å². The molecule has 3 aromatic rings. The quantitative estimate of drug-likeness (QED) is 0.787. The van der Waals surface area contributed by atoms with E-state index in [-0.39, 0.29) is 0 Å². The molecule has 1 N–H and O–H groups in total. The summed E-state index contributed by atoms with van der Waals surface area (Å²) in [5.41, 5.74) is 0.902. The fourth-order valence-corrected chi connectivity index (χ4v) is 2.99. The molecular formula is C15H15N3OS. The third-order valence-electron chi connectivity index (χ3n) is 3.09. The number of aryl methyl sites for hydroxylation is 1. The lowest BCUT2D eigenvalue weighted by Crippen LogP contribution is -1.97. The molecule has 5 heteroatoms. The van der Waals surface area contributed by atoms with Crippen LogP contribution in [0, 0.1) is 0 Å². The van der Waals surface area contributed by atoms with Crippen LogP contribution in [0.5, 0.6) is 5.75 Å². The minimum Gasteiger partial charge on any atom is -0.495 e. The van der Waals surface area contributed by atoms with E-state index in [1.165, 1.54) is 4.88 Å². The lowest BCUT2D eigenvalue weighted by Gasteiger charge is -2.10. The Bertz CT molecular complexity index is 739. The number of nitrogens with one attached hydrogen (secondary N) is 1. The summed E-state index contributed by atoms with van der Waals surface area (Å²) in [5.74, 6) is 1.61. The van der Waals surface area contributed by atoms with Crippen LogP contribution < -0.4 is 10.1 Å². The van der Waals surface area contributed by atoms with Gasteiger partial charge >= 0.3 is 0 Å². The number of thiophene rings is 1. The molecule has 3 rings (SSSR count). The molecule has 20 heavy (non-hydrogen) atoms. The van der Waals surface area contributed by atoms with E-state index in [1.807, 2.05) is 24.3 Å². The third kappa shape index (κ3) is 2.32. The summed E-state index contributed by atoms with van der Waals surface area (Å²) in [5, 5.41) is 4.39. The Balaban J connectivity index is 2.04. The molecule has 2 heterocycles. The van der Waals surface area contributed by atoms with Crippen LogP contribution >= 0.6 is 11.3 Å². The second-order valence-electron chi connectivity index (χ2n) is 4.33. The number of methoxy groups -OCH3 is 1. The molecule has 102 valence electrons. The predicted molar refractivity (Wildman–Crippen MR) is 83.1 cm³/mol. The van der Waals surface area contributed by atoms with Crippen molar-refractivity contribution >= 4 is 33.1 Å². The summed E-state index contributed by atoms with van der Waals surface area (Å²) in [7, 11) is 1.66. The van der Waals surface area contributed by atoms with Gasteiger partial charge in [-0.1, -0.05) is 19.1 Å². The number of hydrogen-bond acceptors (Lipinski definition) is 5. The summed E-state index contributed by atoms with van der Waals surface area (Å²) in [6.45, 7) is 2.14. The number of para-hydroxylation sites is 2. The van der Waals surface area contributed by atoms with Crippen LogP contribution in [-0.4, -0.2) is 17.1 Å². The maximum Gasteiger partial charge on any atom is 0.142 e. The van der Waals surface area contributed by atoms with Crippen LogP contribution in [0.15, 0.2) is 36.7 Å². The second-order valence-corrected chi connectivity index (χ2v) is 5.45. The van der Waals surface area contributed by atoms with Crippen molar-refractivity contribution in [2.75, 3.05) is 12.4 Å². The minimum absolute atomic E-state index is 0.796. The Morgan fingerprint density at radius 3 is 2.90 bits per heavy atom. The first-order valence-corrected chi connectivity index (χ1v) is 7.27. The lowest BCUT2D eigenvalue weighted by atomic mass is 10.2. The van der Waals surface area contributed by atoms with Crippen molar-refractivity contribution in [3.8, 4) is 5.75 Å². The summed E-state index contributed by atoms with van der Waals surface area (Å²) in [6, 6.07) is 9.96. The Labute approximate surface area is 121 Å². The number of fused-ring (bicyclic) bond motifs is 1. The minimum atomic E-state index is 0.796. The zero-order valence-corrected chi connectivity index (χ0v) is 12.2. The maximum absolute atomic E-state index is 5.35. The average Bonchev–Trinajstić information content (AvgIpc) is 2.92. The smallest absolute Gasteiger partial charge is 0.142 e. The molecule has 0 atom stereocenters. The molecule has 0 amide bonds. The van der Waals surface area contributed by atoms with Gasteiger partial charge in [0.2, 0.25) is 0 Å². The van der Waals surface area contributed by atoms with Gasteiger partial charge < -0.3 is 10.1 Å². The van der Waals surface area contributed by atoms with Crippen LogP contribution in [0.2, 0.25) is 0 Å². The Hall–Kier alpha value is -2.14. The number of rotatable bonds is 4. The fourth-order valence-electron chi connectivity index (χ4n) is 2.05. The molecule has 0 spiro atoms. The number of anilines is 2. The van der Waals surface area contributed by atoms with Gasteiger partial charge in [-0.05, 0) is 24.6 Å². The highest BCUT2D eigenvalue weighted by Gasteiger charge is 2.10. The van der Waals surface area contributed by atoms with E-state index in [0.29, 0.717) is 0 Å². The van der Waals surface area contributed by atoms with E-state index >= 15 is 0 Å². The van der Waals surface area contributed by atoms with Crippen LogP contribution in [-0.2, 0) is 6.42 Å². The first-order valence-electron chi connectivity index (χ1n) is 6.45. The normalized spacial score (nSPS) is 10.7. The summed E-state index contributed by atoms with van der Waals surface area (Å²) in [6.07, 6.45) is 2.60. The van der Waals surface area contributed by atoms with Crippen LogP contribution in [0.4, 0.5) is 11.5 Å². The van der Waals surface area contributed by atoms with Crippen molar-refractivity contribution in [3.63, 3.8) is 0 Å². The summed E-state index contributed by atoms with van der Waals surface area (Å²) < 4.78 is 5.35. The Morgan fingerprint density at radius 2 is 2.10 bits per heavy atom. The van der Waals surface area contributed by atoms with Gasteiger partial charge in [-0.25, -0.2) is 9.97 Å². The maximum atomic E-state index is 5.35. The van der Waals surface area contributed by atoms with Crippen LogP contribution in [0.25, 0.3) is 10.2 Å². The molecule has 0 bridgehead atoms. The first-order chi connectivity index (χ1) is 9.81. The molecule has 1 aromatic carbocycles. The van der Waals surface area contributed by atoms with Gasteiger partial charge in [-0.15, -0.1) is 11.3 Å². The van der Waals surface area contributed by atoms with Gasteiger partial charge in [0, 0.05) is 4.88 Å². The molecule has 0 saturated carbocycles. The molecular weight excluding hydrogens is 270 g/mol. The molecule has 0 aliphatic carbocycles. The largest absolute Gasteiger partial charge is 0.495 e.